The molecule has 2 aliphatic carbocycles. The zero-order chi connectivity index (χ0) is 18.9. The van der Waals surface area contributed by atoms with E-state index in [0.29, 0.717) is 13.0 Å². The summed E-state index contributed by atoms with van der Waals surface area (Å²) in [7, 11) is 1.70. The summed E-state index contributed by atoms with van der Waals surface area (Å²) in [5.74, 6) is 1.09. The van der Waals surface area contributed by atoms with Crippen LogP contribution in [0.3, 0.4) is 0 Å². The van der Waals surface area contributed by atoms with E-state index in [9.17, 15) is 4.79 Å². The Morgan fingerprint density at radius 2 is 1.93 bits per heavy atom. The van der Waals surface area contributed by atoms with Crippen molar-refractivity contribution in [3.8, 4) is 0 Å². The van der Waals surface area contributed by atoms with Crippen LogP contribution < -0.4 is 10.6 Å². The molecule has 4 aliphatic rings. The van der Waals surface area contributed by atoms with Gasteiger partial charge in [-0.3, -0.25) is 4.79 Å². The molecule has 0 spiro atoms. The first-order valence-electron chi connectivity index (χ1n) is 9.47. The normalized spacial score (nSPS) is 25.7. The molecule has 5 rings (SSSR count). The van der Waals surface area contributed by atoms with Crippen molar-refractivity contribution in [2.75, 3.05) is 18.6 Å². The minimum Gasteiger partial charge on any atom is -0.497 e. The van der Waals surface area contributed by atoms with Crippen molar-refractivity contribution in [3.63, 3.8) is 0 Å². The van der Waals surface area contributed by atoms with Crippen molar-refractivity contribution in [2.24, 2.45) is 5.73 Å². The molecule has 0 aromatic heterocycles. The van der Waals surface area contributed by atoms with Gasteiger partial charge in [-0.05, 0) is 48.7 Å². The predicted octanol–water partition coefficient (Wildman–Crippen LogP) is 3.57. The van der Waals surface area contributed by atoms with E-state index in [4.69, 9.17) is 10.5 Å². The van der Waals surface area contributed by atoms with E-state index in [1.54, 1.807) is 7.11 Å². The summed E-state index contributed by atoms with van der Waals surface area (Å²) in [6, 6.07) is 8.28. The summed E-state index contributed by atoms with van der Waals surface area (Å²) < 4.78 is 5.54. The average Bonchev–Trinajstić information content (AvgIpc) is 3.35. The standard InChI is InChI=1S/C18H20N2O2.C5H5.Co/c1-22-13-10-12-6-7-16(21)20-15-5-3-2-4-14(15)18(11-13,8-9-19)17(12)20;1-2-4-5-3-1;/h2-5,10-11,17H,6-9,19H2,1H3;1-5H;. The topological polar surface area (TPSA) is 55.6 Å². The third-order valence-corrected chi connectivity index (χ3v) is 5.74. The average molecular weight is 420 g/mol. The maximum Gasteiger partial charge on any atom is 0.227 e. The molecule has 2 atom stereocenters. The van der Waals surface area contributed by atoms with Crippen LogP contribution in [0.1, 0.15) is 24.8 Å². The first-order valence-corrected chi connectivity index (χ1v) is 9.47. The van der Waals surface area contributed by atoms with Gasteiger partial charge in [-0.15, -0.1) is 0 Å². The molecule has 1 aromatic carbocycles. The van der Waals surface area contributed by atoms with Crippen LogP contribution in [0.5, 0.6) is 0 Å². The molecule has 28 heavy (non-hydrogen) atoms. The number of rotatable bonds is 3. The van der Waals surface area contributed by atoms with Gasteiger partial charge in [0.2, 0.25) is 5.91 Å². The molecule has 2 heterocycles. The van der Waals surface area contributed by atoms with E-state index in [0.717, 1.165) is 24.3 Å². The first-order chi connectivity index (χ1) is 13.2. The van der Waals surface area contributed by atoms with E-state index in [1.807, 2.05) is 53.8 Å². The van der Waals surface area contributed by atoms with Gasteiger partial charge in [0.15, 0.2) is 0 Å². The Kier molecular flexibility index (Phi) is 6.28. The summed E-state index contributed by atoms with van der Waals surface area (Å²) in [6.45, 7) is 0.577. The molecule has 4 nitrogen and oxygen atoms in total. The Morgan fingerprint density at radius 1 is 1.18 bits per heavy atom. The van der Waals surface area contributed by atoms with E-state index < -0.39 is 0 Å². The quantitative estimate of drug-likeness (QED) is 0.814. The SMILES string of the molecule is COC1=CC2(CCN)c3ccccc3N3C(=O)CCC(=C1)C32.[CH]1C=CC=C1.[Co]. The molecular formula is C23H25CoN2O2. The zero-order valence-corrected chi connectivity index (χ0v) is 17.0. The van der Waals surface area contributed by atoms with Crippen molar-refractivity contribution in [3.05, 3.63) is 84.0 Å². The molecular weight excluding hydrogens is 395 g/mol. The number of piperidine rings is 1. The number of para-hydroxylation sites is 1. The smallest absolute Gasteiger partial charge is 0.227 e. The summed E-state index contributed by atoms with van der Waals surface area (Å²) in [5.41, 5.74) is 9.20. The van der Waals surface area contributed by atoms with E-state index in [-0.39, 0.29) is 34.1 Å². The number of hydrogen-bond donors (Lipinski definition) is 1. The fraction of sp³-hybridized carbons (Fsp3) is 0.304. The maximum atomic E-state index is 12.6. The number of benzene rings is 1. The molecule has 1 fully saturated rings. The summed E-state index contributed by atoms with van der Waals surface area (Å²) >= 11 is 0. The van der Waals surface area contributed by atoms with Gasteiger partial charge < -0.3 is 15.4 Å². The number of allylic oxidation sites excluding steroid dienone is 5. The molecule has 0 saturated carbocycles. The van der Waals surface area contributed by atoms with E-state index >= 15 is 0 Å². The third-order valence-electron chi connectivity index (χ3n) is 5.74. The van der Waals surface area contributed by atoms with Crippen LogP contribution in [0, 0.1) is 6.42 Å². The van der Waals surface area contributed by atoms with Crippen LogP contribution in [-0.2, 0) is 31.7 Å². The zero-order valence-electron chi connectivity index (χ0n) is 15.9. The molecule has 2 N–H and O–H groups in total. The number of carbonyl (C=O) groups excluding carboxylic acids is 1. The van der Waals surface area contributed by atoms with Crippen LogP contribution >= 0.6 is 0 Å². The Labute approximate surface area is 177 Å². The van der Waals surface area contributed by atoms with Crippen LogP contribution in [0.4, 0.5) is 5.69 Å². The Bertz CT molecular complexity index is 861. The molecule has 2 unspecified atom stereocenters. The van der Waals surface area contributed by atoms with Gasteiger partial charge in [0, 0.05) is 40.7 Å². The van der Waals surface area contributed by atoms with Gasteiger partial charge >= 0.3 is 0 Å². The van der Waals surface area contributed by atoms with Crippen LogP contribution in [0.25, 0.3) is 0 Å². The molecule has 2 radical (unpaired) electrons. The Balaban J connectivity index is 0.000000329. The number of methoxy groups -OCH3 is 1. The minimum absolute atomic E-state index is 0. The molecule has 5 heteroatoms. The summed E-state index contributed by atoms with van der Waals surface area (Å²) in [4.78, 5) is 14.6. The van der Waals surface area contributed by atoms with Crippen molar-refractivity contribution < 1.29 is 26.3 Å². The van der Waals surface area contributed by atoms with Crippen molar-refractivity contribution in [1.82, 2.24) is 0 Å². The second-order valence-electron chi connectivity index (χ2n) is 7.19. The fourth-order valence-electron chi connectivity index (χ4n) is 4.68. The number of carbonyl (C=O) groups is 1. The molecule has 2 aliphatic heterocycles. The molecule has 1 aromatic rings. The van der Waals surface area contributed by atoms with Crippen molar-refractivity contribution >= 4 is 11.6 Å². The molecule has 1 saturated heterocycles. The van der Waals surface area contributed by atoms with E-state index in [2.05, 4.69) is 18.2 Å². The Hall–Kier alpha value is -2.08. The van der Waals surface area contributed by atoms with Crippen LogP contribution in [0.15, 0.2) is 72.1 Å². The first kappa shape index (κ1) is 20.6. The van der Waals surface area contributed by atoms with Crippen LogP contribution in [0.2, 0.25) is 0 Å². The fourth-order valence-corrected chi connectivity index (χ4v) is 4.68. The van der Waals surface area contributed by atoms with Crippen LogP contribution in [-0.4, -0.2) is 25.6 Å². The number of fused-ring (bicyclic) bond motifs is 3. The maximum absolute atomic E-state index is 12.6. The van der Waals surface area contributed by atoms with Gasteiger partial charge in [0.1, 0.15) is 5.76 Å². The van der Waals surface area contributed by atoms with E-state index in [1.165, 1.54) is 11.1 Å². The monoisotopic (exact) mass is 420 g/mol. The van der Waals surface area contributed by atoms with Gasteiger partial charge in [-0.25, -0.2) is 0 Å². The predicted molar refractivity (Wildman–Crippen MR) is 108 cm³/mol. The number of ether oxygens (including phenoxy) is 1. The minimum atomic E-state index is -0.253. The number of anilines is 1. The number of amides is 1. The van der Waals surface area contributed by atoms with Crippen molar-refractivity contribution in [1.29, 1.82) is 0 Å². The largest absolute Gasteiger partial charge is 0.497 e. The van der Waals surface area contributed by atoms with Gasteiger partial charge in [0.25, 0.3) is 0 Å². The number of nitrogens with zero attached hydrogens (tertiary/aromatic N) is 1. The molecule has 148 valence electrons. The molecule has 0 bridgehead atoms. The van der Waals surface area contributed by atoms with Gasteiger partial charge in [-0.1, -0.05) is 42.5 Å². The van der Waals surface area contributed by atoms with Crippen molar-refractivity contribution in [2.45, 2.75) is 30.7 Å². The number of hydrogen-bond acceptors (Lipinski definition) is 3. The third kappa shape index (κ3) is 3.28. The molecule has 1 amide bonds. The second-order valence-corrected chi connectivity index (χ2v) is 7.19. The Morgan fingerprint density at radius 3 is 2.57 bits per heavy atom. The summed E-state index contributed by atoms with van der Waals surface area (Å²) in [5, 5.41) is 0. The summed E-state index contributed by atoms with van der Waals surface area (Å²) in [6.07, 6.45) is 16.5. The van der Waals surface area contributed by atoms with Gasteiger partial charge in [0.05, 0.1) is 13.2 Å². The van der Waals surface area contributed by atoms with Gasteiger partial charge in [-0.2, -0.15) is 0 Å². The number of nitrogens with two attached hydrogens (primary N) is 1. The second kappa shape index (κ2) is 8.51.